The zero-order valence-electron chi connectivity index (χ0n) is 32.8. The van der Waals surface area contributed by atoms with Crippen molar-refractivity contribution < 1.29 is 55.2 Å². The van der Waals surface area contributed by atoms with Gasteiger partial charge in [-0.2, -0.15) is 26.3 Å². The van der Waals surface area contributed by atoms with Crippen LogP contribution >= 0.6 is 11.6 Å². The topological polar surface area (TPSA) is 134 Å². The number of fused-ring (bicyclic) bond motifs is 2. The fourth-order valence-corrected chi connectivity index (χ4v) is 7.19. The highest BCUT2D eigenvalue weighted by atomic mass is 35.5. The van der Waals surface area contributed by atoms with Crippen molar-refractivity contribution in [2.75, 3.05) is 27.4 Å². The fourth-order valence-electron chi connectivity index (χ4n) is 6.94. The number of rotatable bonds is 8. The molecule has 0 bridgehead atoms. The van der Waals surface area contributed by atoms with Crippen LogP contribution in [-0.4, -0.2) is 64.0 Å². The van der Waals surface area contributed by atoms with Gasteiger partial charge in [0.05, 0.1) is 59.8 Å². The SMILES string of the molecule is COc1ccc(-c2cc3ncccc3c(Cl)n2)cc1C(F)(F)F.COc1ccc(-c2cc3ncccc3c(OC[C@H]3CCC(=O)C3)n2)cc1C(F)(F)F.O=C1CC[C@H](CO)C1. The van der Waals surface area contributed by atoms with Crippen LogP contribution in [0.5, 0.6) is 17.4 Å². The van der Waals surface area contributed by atoms with E-state index in [1.807, 2.05) is 0 Å². The van der Waals surface area contributed by atoms with Crippen LogP contribution in [-0.2, 0) is 21.9 Å². The van der Waals surface area contributed by atoms with Crippen molar-refractivity contribution in [3.63, 3.8) is 0 Å². The van der Waals surface area contributed by atoms with Gasteiger partial charge in [-0.1, -0.05) is 11.6 Å². The van der Waals surface area contributed by atoms with Crippen LogP contribution in [0.25, 0.3) is 44.3 Å². The number of pyridine rings is 4. The number of aliphatic hydroxyl groups is 1. The number of aromatic nitrogens is 4. The molecule has 2 aromatic carbocycles. The number of ether oxygens (including phenoxy) is 3. The second kappa shape index (κ2) is 19.2. The zero-order chi connectivity index (χ0) is 43.9. The van der Waals surface area contributed by atoms with Gasteiger partial charge in [0, 0.05) is 67.1 Å². The van der Waals surface area contributed by atoms with Crippen molar-refractivity contribution in [1.82, 2.24) is 19.9 Å². The van der Waals surface area contributed by atoms with E-state index in [2.05, 4.69) is 19.9 Å². The fraction of sp³-hybridized carbons (Fsp3) is 0.318. The van der Waals surface area contributed by atoms with E-state index < -0.39 is 23.5 Å². The highest BCUT2D eigenvalue weighted by Crippen LogP contribution is 2.41. The van der Waals surface area contributed by atoms with Crippen molar-refractivity contribution in [3.05, 3.63) is 101 Å². The predicted molar refractivity (Wildman–Crippen MR) is 215 cm³/mol. The quantitative estimate of drug-likeness (QED) is 0.116. The molecule has 1 N–H and O–H groups in total. The third kappa shape index (κ3) is 11.1. The smallest absolute Gasteiger partial charge is 0.419 e. The summed E-state index contributed by atoms with van der Waals surface area (Å²) in [5.74, 6) is 0.715. The van der Waals surface area contributed by atoms with E-state index in [1.54, 1.807) is 48.8 Å². The Hall–Kier alpha value is -5.87. The molecular weight excluding hydrogens is 830 g/mol. The minimum atomic E-state index is -4.56. The Morgan fingerprint density at radius 2 is 1.18 bits per heavy atom. The first-order valence-electron chi connectivity index (χ1n) is 19.0. The number of halogens is 7. The van der Waals surface area contributed by atoms with E-state index in [4.69, 9.17) is 30.9 Å². The first-order valence-corrected chi connectivity index (χ1v) is 19.4. The third-order valence-corrected chi connectivity index (χ3v) is 10.4. The maximum Gasteiger partial charge on any atom is 0.419 e. The molecule has 2 aliphatic rings. The summed E-state index contributed by atoms with van der Waals surface area (Å²) >= 11 is 6.10. The molecule has 4 aromatic heterocycles. The van der Waals surface area contributed by atoms with E-state index in [-0.39, 0.29) is 52.0 Å². The van der Waals surface area contributed by atoms with Gasteiger partial charge >= 0.3 is 12.4 Å². The first kappa shape index (κ1) is 44.7. The molecule has 2 fully saturated rings. The third-order valence-electron chi connectivity index (χ3n) is 10.1. The van der Waals surface area contributed by atoms with Crippen molar-refractivity contribution >= 4 is 45.0 Å². The number of hydrogen-bond acceptors (Lipinski definition) is 10. The van der Waals surface area contributed by atoms with Crippen LogP contribution in [0.1, 0.15) is 49.7 Å². The van der Waals surface area contributed by atoms with Gasteiger partial charge in [-0.25, -0.2) is 9.97 Å². The van der Waals surface area contributed by atoms with Crippen LogP contribution in [0, 0.1) is 11.8 Å². The summed E-state index contributed by atoms with van der Waals surface area (Å²) < 4.78 is 95.2. The van der Waals surface area contributed by atoms with Crippen molar-refractivity contribution in [3.8, 4) is 39.9 Å². The number of alkyl halides is 6. The number of hydrogen-bond donors (Lipinski definition) is 1. The molecule has 2 saturated carbocycles. The number of ketones is 2. The number of nitrogens with zero attached hydrogens (tertiary/aromatic N) is 4. The second-order valence-electron chi connectivity index (χ2n) is 14.4. The lowest BCUT2D eigenvalue weighted by Gasteiger charge is -2.15. The minimum Gasteiger partial charge on any atom is -0.496 e. The number of methoxy groups -OCH3 is 2. The number of aliphatic hydroxyl groups excluding tert-OH is 1. The minimum absolute atomic E-state index is 0.118. The van der Waals surface area contributed by atoms with Crippen molar-refractivity contribution in [1.29, 1.82) is 0 Å². The lowest BCUT2D eigenvalue weighted by Crippen LogP contribution is -2.10. The van der Waals surface area contributed by atoms with Crippen LogP contribution in [0.3, 0.4) is 0 Å². The van der Waals surface area contributed by atoms with Gasteiger partial charge in [0.25, 0.3) is 0 Å². The van der Waals surface area contributed by atoms with Gasteiger partial charge in [0.15, 0.2) is 0 Å². The Labute approximate surface area is 350 Å². The van der Waals surface area contributed by atoms with Crippen molar-refractivity contribution in [2.45, 2.75) is 50.9 Å². The molecule has 0 radical (unpaired) electrons. The molecule has 2 atom stereocenters. The Morgan fingerprint density at radius 1 is 0.689 bits per heavy atom. The summed E-state index contributed by atoms with van der Waals surface area (Å²) in [6.45, 7) is 0.508. The number of benzene rings is 2. The van der Waals surface area contributed by atoms with Gasteiger partial charge in [-0.15, -0.1) is 0 Å². The molecule has 0 amide bonds. The van der Waals surface area contributed by atoms with E-state index in [0.717, 1.165) is 25.0 Å². The molecule has 6 aromatic rings. The van der Waals surface area contributed by atoms with Crippen LogP contribution in [0.2, 0.25) is 5.15 Å². The molecule has 0 unspecified atom stereocenters. The average molecular weight is 869 g/mol. The molecule has 10 nitrogen and oxygen atoms in total. The van der Waals surface area contributed by atoms with Crippen molar-refractivity contribution in [2.24, 2.45) is 11.8 Å². The summed E-state index contributed by atoms with van der Waals surface area (Å²) in [5, 5.41) is 10.0. The standard InChI is InChI=1S/C22H19F3N2O3.C16H10ClF3N2O.C6H10O2/c1-29-20-7-5-14(10-17(20)22(23,24)25)18-11-19-16(3-2-8-26-19)21(27-18)30-12-13-4-6-15(28)9-13;1-23-14-5-4-9(7-11(14)16(18,19)20)12-8-13-10(15(17)22-12)3-2-6-21-13;7-4-5-1-2-6(8)3-5/h2-3,5,7-8,10-11,13H,4,6,9,12H2,1H3;2-8H,1H3;5,7H,1-4H2/t13-;;5-/m0.0/s1. The summed E-state index contributed by atoms with van der Waals surface area (Å²) in [6.07, 6.45) is -1.93. The van der Waals surface area contributed by atoms with Gasteiger partial charge in [-0.3, -0.25) is 19.6 Å². The molecule has 0 saturated heterocycles. The Balaban J connectivity index is 0.000000177. The summed E-state index contributed by atoms with van der Waals surface area (Å²) in [7, 11) is 2.39. The Kier molecular flexibility index (Phi) is 14.1. The maximum absolute atomic E-state index is 13.4. The normalized spacial score (nSPS) is 16.5. The Bertz CT molecular complexity index is 2540. The highest BCUT2D eigenvalue weighted by Gasteiger charge is 2.36. The summed E-state index contributed by atoms with van der Waals surface area (Å²) in [5.41, 5.74) is 0.565. The second-order valence-corrected chi connectivity index (χ2v) is 14.7. The lowest BCUT2D eigenvalue weighted by atomic mass is 10.0. The van der Waals surface area contributed by atoms with E-state index in [1.165, 1.54) is 38.5 Å². The number of carbonyl (C=O) groups excluding carboxylic acids is 2. The highest BCUT2D eigenvalue weighted by molar-refractivity contribution is 6.34. The number of Topliss-reactive ketones (excluding diaryl/α,β-unsaturated/α-hetero) is 2. The molecule has 2 aliphatic carbocycles. The van der Waals surface area contributed by atoms with Crippen LogP contribution in [0.4, 0.5) is 26.3 Å². The van der Waals surface area contributed by atoms with Gasteiger partial charge < -0.3 is 19.3 Å². The Morgan fingerprint density at radius 3 is 1.64 bits per heavy atom. The largest absolute Gasteiger partial charge is 0.496 e. The van der Waals surface area contributed by atoms with E-state index in [9.17, 15) is 35.9 Å². The molecule has 0 aliphatic heterocycles. The first-order chi connectivity index (χ1) is 29.1. The number of carbonyl (C=O) groups is 2. The lowest BCUT2D eigenvalue weighted by molar-refractivity contribution is -0.139. The predicted octanol–water partition coefficient (Wildman–Crippen LogP) is 10.4. The zero-order valence-corrected chi connectivity index (χ0v) is 33.6. The average Bonchev–Trinajstić information content (AvgIpc) is 3.88. The molecule has 320 valence electrons. The van der Waals surface area contributed by atoms with Crippen LogP contribution < -0.4 is 14.2 Å². The van der Waals surface area contributed by atoms with Gasteiger partial charge in [0.2, 0.25) is 5.88 Å². The molecule has 61 heavy (non-hydrogen) atoms. The molecule has 17 heteroatoms. The monoisotopic (exact) mass is 868 g/mol. The molecule has 4 heterocycles. The van der Waals surface area contributed by atoms with Crippen LogP contribution in [0.15, 0.2) is 85.2 Å². The molecular formula is C44H39ClF6N4O6. The van der Waals surface area contributed by atoms with E-state index in [0.29, 0.717) is 77.1 Å². The van der Waals surface area contributed by atoms with E-state index >= 15 is 0 Å². The van der Waals surface area contributed by atoms with Gasteiger partial charge in [0.1, 0.15) is 28.2 Å². The molecule has 0 spiro atoms. The summed E-state index contributed by atoms with van der Waals surface area (Å²) in [6, 6.07) is 17.8. The van der Waals surface area contributed by atoms with Gasteiger partial charge in [-0.05, 0) is 91.6 Å². The molecule has 8 rings (SSSR count). The maximum atomic E-state index is 13.4. The summed E-state index contributed by atoms with van der Waals surface area (Å²) in [4.78, 5) is 39.1.